The molecule has 0 heterocycles. The van der Waals surface area contributed by atoms with Crippen LogP contribution in [-0.4, -0.2) is 6.54 Å². The summed E-state index contributed by atoms with van der Waals surface area (Å²) in [6, 6.07) is 0. The fraction of sp³-hybridized carbons (Fsp3) is 0.833. The highest BCUT2D eigenvalue weighted by atomic mass is 14.8. The topological polar surface area (TPSA) is 12.0 Å². The summed E-state index contributed by atoms with van der Waals surface area (Å²) in [5.74, 6) is 0.791. The minimum absolute atomic E-state index is 0.791. The van der Waals surface area contributed by atoms with Crippen LogP contribution in [0.1, 0.15) is 52.4 Å². The van der Waals surface area contributed by atoms with Crippen molar-refractivity contribution < 1.29 is 0 Å². The van der Waals surface area contributed by atoms with Crippen LogP contribution in [0.5, 0.6) is 0 Å². The Morgan fingerprint density at radius 2 is 1.92 bits per heavy atom. The fourth-order valence-corrected chi connectivity index (χ4v) is 1.48. The Kier molecular flexibility index (Phi) is 9.29. The van der Waals surface area contributed by atoms with Gasteiger partial charge < -0.3 is 5.32 Å². The summed E-state index contributed by atoms with van der Waals surface area (Å²) in [5.41, 5.74) is 0. The Hall–Kier alpha value is -0.460. The second kappa shape index (κ2) is 9.63. The van der Waals surface area contributed by atoms with Crippen molar-refractivity contribution in [3.8, 4) is 0 Å². The molecular formula is C12H25N. The third-order valence-electron chi connectivity index (χ3n) is 2.41. The summed E-state index contributed by atoms with van der Waals surface area (Å²) < 4.78 is 0. The van der Waals surface area contributed by atoms with E-state index in [1.165, 1.54) is 38.5 Å². The fourth-order valence-electron chi connectivity index (χ4n) is 1.48. The zero-order valence-electron chi connectivity index (χ0n) is 9.31. The molecule has 0 spiro atoms. The van der Waals surface area contributed by atoms with Crippen LogP contribution in [0.3, 0.4) is 0 Å². The molecule has 1 heteroatoms. The van der Waals surface area contributed by atoms with Crippen LogP contribution in [0.15, 0.2) is 12.8 Å². The molecule has 13 heavy (non-hydrogen) atoms. The van der Waals surface area contributed by atoms with Crippen LogP contribution in [-0.2, 0) is 0 Å². The van der Waals surface area contributed by atoms with E-state index in [-0.39, 0.29) is 0 Å². The van der Waals surface area contributed by atoms with E-state index in [1.807, 2.05) is 0 Å². The summed E-state index contributed by atoms with van der Waals surface area (Å²) in [4.78, 5) is 0. The first-order chi connectivity index (χ1) is 6.31. The van der Waals surface area contributed by atoms with Crippen molar-refractivity contribution in [2.45, 2.75) is 52.4 Å². The minimum Gasteiger partial charge on any atom is -0.391 e. The van der Waals surface area contributed by atoms with Crippen molar-refractivity contribution in [2.24, 2.45) is 5.92 Å². The normalized spacial score (nSPS) is 12.5. The van der Waals surface area contributed by atoms with Gasteiger partial charge in [0.2, 0.25) is 0 Å². The van der Waals surface area contributed by atoms with Gasteiger partial charge in [0.25, 0.3) is 0 Å². The highest BCUT2D eigenvalue weighted by Gasteiger charge is 1.99. The lowest BCUT2D eigenvalue weighted by atomic mass is 10.0. The molecule has 0 aromatic heterocycles. The van der Waals surface area contributed by atoms with E-state index in [0.717, 1.165) is 12.5 Å². The molecular weight excluding hydrogens is 158 g/mol. The highest BCUT2D eigenvalue weighted by Crippen LogP contribution is 2.10. The third kappa shape index (κ3) is 9.45. The van der Waals surface area contributed by atoms with E-state index >= 15 is 0 Å². The molecule has 1 atom stereocenters. The standard InChI is InChI=1S/C12H25N/c1-4-6-7-8-9-10-12(3)11-13-5-2/h5,12-13H,2,4,6-11H2,1,3H3. The van der Waals surface area contributed by atoms with Crippen molar-refractivity contribution in [3.63, 3.8) is 0 Å². The molecule has 0 bridgehead atoms. The zero-order chi connectivity index (χ0) is 9.94. The lowest BCUT2D eigenvalue weighted by Gasteiger charge is -2.10. The van der Waals surface area contributed by atoms with E-state index in [1.54, 1.807) is 6.20 Å². The quantitative estimate of drug-likeness (QED) is 0.537. The van der Waals surface area contributed by atoms with Crippen molar-refractivity contribution in [1.29, 1.82) is 0 Å². The monoisotopic (exact) mass is 183 g/mol. The minimum atomic E-state index is 0.791. The molecule has 0 saturated heterocycles. The molecule has 0 aromatic carbocycles. The molecule has 0 aliphatic rings. The molecule has 78 valence electrons. The zero-order valence-corrected chi connectivity index (χ0v) is 9.31. The van der Waals surface area contributed by atoms with Gasteiger partial charge in [-0.2, -0.15) is 0 Å². The first-order valence-corrected chi connectivity index (χ1v) is 5.65. The molecule has 0 amide bonds. The van der Waals surface area contributed by atoms with Crippen LogP contribution in [0.2, 0.25) is 0 Å². The summed E-state index contributed by atoms with van der Waals surface area (Å²) in [6.07, 6.45) is 10.1. The lowest BCUT2D eigenvalue weighted by Crippen LogP contribution is -2.14. The number of nitrogens with one attached hydrogen (secondary N) is 1. The average Bonchev–Trinajstić information content (AvgIpc) is 2.14. The molecule has 0 aliphatic carbocycles. The lowest BCUT2D eigenvalue weighted by molar-refractivity contribution is 0.474. The van der Waals surface area contributed by atoms with Gasteiger partial charge in [0.15, 0.2) is 0 Å². The van der Waals surface area contributed by atoms with E-state index in [4.69, 9.17) is 0 Å². The molecule has 0 aromatic rings. The highest BCUT2D eigenvalue weighted by molar-refractivity contribution is 4.66. The maximum absolute atomic E-state index is 3.64. The molecule has 0 saturated carbocycles. The SMILES string of the molecule is C=CNCC(C)CCCCCCC. The molecule has 1 N–H and O–H groups in total. The van der Waals surface area contributed by atoms with Gasteiger partial charge in [-0.15, -0.1) is 0 Å². The summed E-state index contributed by atoms with van der Waals surface area (Å²) in [5, 5.41) is 3.16. The largest absolute Gasteiger partial charge is 0.391 e. The Labute approximate surface area is 83.6 Å². The van der Waals surface area contributed by atoms with E-state index in [9.17, 15) is 0 Å². The Bertz CT molecular complexity index is 110. The average molecular weight is 183 g/mol. The van der Waals surface area contributed by atoms with Crippen molar-refractivity contribution in [3.05, 3.63) is 12.8 Å². The molecule has 0 fully saturated rings. The van der Waals surface area contributed by atoms with Crippen LogP contribution in [0, 0.1) is 5.92 Å². The number of rotatable bonds is 9. The van der Waals surface area contributed by atoms with Crippen molar-refractivity contribution in [2.75, 3.05) is 6.54 Å². The van der Waals surface area contributed by atoms with Gasteiger partial charge in [0, 0.05) is 6.54 Å². The van der Waals surface area contributed by atoms with Gasteiger partial charge in [-0.1, -0.05) is 52.5 Å². The first kappa shape index (κ1) is 12.5. The van der Waals surface area contributed by atoms with E-state index in [2.05, 4.69) is 25.7 Å². The van der Waals surface area contributed by atoms with Crippen molar-refractivity contribution >= 4 is 0 Å². The summed E-state index contributed by atoms with van der Waals surface area (Å²) in [7, 11) is 0. The molecule has 1 unspecified atom stereocenters. The molecule has 0 aliphatic heterocycles. The predicted octanol–water partition coefficient (Wildman–Crippen LogP) is 3.72. The second-order valence-corrected chi connectivity index (χ2v) is 3.92. The number of hydrogen-bond acceptors (Lipinski definition) is 1. The van der Waals surface area contributed by atoms with Gasteiger partial charge in [-0.3, -0.25) is 0 Å². The first-order valence-electron chi connectivity index (χ1n) is 5.65. The Balaban J connectivity index is 3.07. The Morgan fingerprint density at radius 1 is 1.23 bits per heavy atom. The maximum Gasteiger partial charge on any atom is 0.0166 e. The predicted molar refractivity (Wildman–Crippen MR) is 60.7 cm³/mol. The van der Waals surface area contributed by atoms with Gasteiger partial charge in [0.05, 0.1) is 0 Å². The molecule has 0 radical (unpaired) electrons. The van der Waals surface area contributed by atoms with E-state index < -0.39 is 0 Å². The van der Waals surface area contributed by atoms with Crippen LogP contribution >= 0.6 is 0 Å². The Morgan fingerprint density at radius 3 is 2.54 bits per heavy atom. The van der Waals surface area contributed by atoms with E-state index in [0.29, 0.717) is 0 Å². The maximum atomic E-state index is 3.64. The van der Waals surface area contributed by atoms with Crippen LogP contribution < -0.4 is 5.32 Å². The van der Waals surface area contributed by atoms with Crippen LogP contribution in [0.25, 0.3) is 0 Å². The number of unbranched alkanes of at least 4 members (excludes halogenated alkanes) is 4. The van der Waals surface area contributed by atoms with Gasteiger partial charge in [0.1, 0.15) is 0 Å². The summed E-state index contributed by atoms with van der Waals surface area (Å²) >= 11 is 0. The van der Waals surface area contributed by atoms with Crippen LogP contribution in [0.4, 0.5) is 0 Å². The third-order valence-corrected chi connectivity index (χ3v) is 2.41. The number of hydrogen-bond donors (Lipinski definition) is 1. The van der Waals surface area contributed by atoms with Gasteiger partial charge in [-0.25, -0.2) is 0 Å². The second-order valence-electron chi connectivity index (χ2n) is 3.92. The smallest absolute Gasteiger partial charge is 0.0166 e. The molecule has 0 rings (SSSR count). The van der Waals surface area contributed by atoms with Gasteiger partial charge in [-0.05, 0) is 18.5 Å². The summed E-state index contributed by atoms with van der Waals surface area (Å²) in [6.45, 7) is 9.29. The van der Waals surface area contributed by atoms with Gasteiger partial charge >= 0.3 is 0 Å². The van der Waals surface area contributed by atoms with Crippen molar-refractivity contribution in [1.82, 2.24) is 5.32 Å². The molecule has 1 nitrogen and oxygen atoms in total.